The van der Waals surface area contributed by atoms with Gasteiger partial charge in [-0.25, -0.2) is 8.42 Å². The summed E-state index contributed by atoms with van der Waals surface area (Å²) in [4.78, 5) is 4.73. The van der Waals surface area contributed by atoms with Crippen molar-refractivity contribution in [3.63, 3.8) is 0 Å². The smallest absolute Gasteiger partial charge is 0.263 e. The van der Waals surface area contributed by atoms with E-state index in [2.05, 4.69) is 15.0 Å². The van der Waals surface area contributed by atoms with Gasteiger partial charge in [-0.15, -0.1) is 0 Å². The maximum atomic E-state index is 11.9. The third-order valence-corrected chi connectivity index (χ3v) is 4.69. The molecule has 1 fully saturated rings. The Morgan fingerprint density at radius 3 is 2.94 bits per heavy atom. The average Bonchev–Trinajstić information content (AvgIpc) is 2.95. The van der Waals surface area contributed by atoms with Gasteiger partial charge in [0.15, 0.2) is 0 Å². The van der Waals surface area contributed by atoms with Gasteiger partial charge in [0, 0.05) is 11.6 Å². The molecule has 0 saturated carbocycles. The lowest BCUT2D eigenvalue weighted by atomic mass is 10.2. The normalized spacial score (nSPS) is 27.1. The third-order valence-electron chi connectivity index (χ3n) is 3.29. The van der Waals surface area contributed by atoms with Gasteiger partial charge in [0.1, 0.15) is 5.84 Å². The van der Waals surface area contributed by atoms with E-state index in [9.17, 15) is 8.42 Å². The number of aliphatic imine (C=N–C) groups is 1. The fourth-order valence-electron chi connectivity index (χ4n) is 2.37. The second-order valence-corrected chi connectivity index (χ2v) is 6.24. The molecule has 0 unspecified atom stereocenters. The van der Waals surface area contributed by atoms with E-state index >= 15 is 0 Å². The van der Waals surface area contributed by atoms with E-state index in [1.165, 1.54) is 0 Å². The molecule has 1 aromatic carbocycles. The van der Waals surface area contributed by atoms with Crippen LogP contribution in [0, 0.1) is 0 Å². The quantitative estimate of drug-likeness (QED) is 0.817. The van der Waals surface area contributed by atoms with Crippen LogP contribution in [-0.2, 0) is 10.0 Å². The molecule has 1 aromatic rings. The summed E-state index contributed by atoms with van der Waals surface area (Å²) in [5, 5.41) is 3.34. The highest BCUT2D eigenvalue weighted by Gasteiger charge is 2.30. The Kier molecular flexibility index (Phi) is 2.83. The van der Waals surface area contributed by atoms with Gasteiger partial charge in [-0.05, 0) is 31.5 Å². The number of benzene rings is 1. The first-order valence-electron chi connectivity index (χ1n) is 6.07. The van der Waals surface area contributed by atoms with Crippen LogP contribution in [0.1, 0.15) is 18.4 Å². The van der Waals surface area contributed by atoms with Crippen molar-refractivity contribution in [1.82, 2.24) is 10.0 Å². The molecular weight excluding hydrogens is 250 g/mol. The first kappa shape index (κ1) is 11.7. The zero-order chi connectivity index (χ0) is 12.6. The number of fused-ring (bicyclic) bond motifs is 1. The van der Waals surface area contributed by atoms with Crippen LogP contribution < -0.4 is 10.0 Å². The van der Waals surface area contributed by atoms with Gasteiger partial charge in [0.25, 0.3) is 10.0 Å². The van der Waals surface area contributed by atoms with Gasteiger partial charge in [-0.2, -0.15) is 0 Å². The number of sulfonamides is 1. The highest BCUT2D eigenvalue weighted by Crippen LogP contribution is 2.22. The van der Waals surface area contributed by atoms with E-state index in [4.69, 9.17) is 0 Å². The maximum absolute atomic E-state index is 11.9. The average molecular weight is 265 g/mol. The molecule has 2 aliphatic rings. The van der Waals surface area contributed by atoms with Crippen LogP contribution in [0.4, 0.5) is 0 Å². The minimum Gasteiger partial charge on any atom is -0.312 e. The number of amidine groups is 1. The molecule has 6 heteroatoms. The fraction of sp³-hybridized carbons (Fsp3) is 0.417. The highest BCUT2D eigenvalue weighted by molar-refractivity contribution is 7.90. The molecule has 0 aliphatic carbocycles. The van der Waals surface area contributed by atoms with Crippen molar-refractivity contribution in [3.8, 4) is 0 Å². The number of nitrogens with zero attached hydrogens (tertiary/aromatic N) is 1. The first-order valence-corrected chi connectivity index (χ1v) is 7.55. The van der Waals surface area contributed by atoms with Crippen molar-refractivity contribution in [2.45, 2.75) is 23.8 Å². The Morgan fingerprint density at radius 1 is 1.33 bits per heavy atom. The van der Waals surface area contributed by atoms with Crippen LogP contribution in [0.2, 0.25) is 0 Å². The molecule has 2 N–H and O–H groups in total. The number of rotatable bonds is 2. The minimum atomic E-state index is -3.40. The fourth-order valence-corrected chi connectivity index (χ4v) is 3.62. The standard InChI is InChI=1S/C12H15N3O2S/c16-18(17)11-6-2-1-5-10(11)12(15-18)14-8-9-4-3-7-13-9/h1-2,5-6,9,13H,3-4,7-8H2,(H,14,15)/t9-/m1/s1. The number of hydrogen-bond donors (Lipinski definition) is 2. The van der Waals surface area contributed by atoms with E-state index in [1.54, 1.807) is 18.2 Å². The summed E-state index contributed by atoms with van der Waals surface area (Å²) in [6, 6.07) is 7.31. The van der Waals surface area contributed by atoms with Crippen molar-refractivity contribution in [2.75, 3.05) is 13.1 Å². The van der Waals surface area contributed by atoms with Crippen molar-refractivity contribution in [1.29, 1.82) is 0 Å². The molecular formula is C12H15N3O2S. The lowest BCUT2D eigenvalue weighted by molar-refractivity contribution is 0.594. The Balaban J connectivity index is 1.88. The van der Waals surface area contributed by atoms with Crippen LogP contribution in [0.3, 0.4) is 0 Å². The molecule has 3 rings (SSSR count). The Bertz CT molecular complexity index is 589. The molecule has 18 heavy (non-hydrogen) atoms. The molecule has 2 heterocycles. The summed E-state index contributed by atoms with van der Waals surface area (Å²) >= 11 is 0. The topological polar surface area (TPSA) is 70.6 Å². The van der Waals surface area contributed by atoms with Crippen molar-refractivity contribution in [3.05, 3.63) is 29.8 Å². The molecule has 1 atom stereocenters. The summed E-state index contributed by atoms with van der Waals surface area (Å²) in [5.74, 6) is 0.472. The predicted molar refractivity (Wildman–Crippen MR) is 69.2 cm³/mol. The second-order valence-electron chi connectivity index (χ2n) is 4.58. The van der Waals surface area contributed by atoms with Crippen molar-refractivity contribution in [2.24, 2.45) is 4.99 Å². The lowest BCUT2D eigenvalue weighted by Gasteiger charge is -2.06. The summed E-state index contributed by atoms with van der Waals surface area (Å²) in [6.45, 7) is 1.64. The molecule has 0 amide bonds. The van der Waals surface area contributed by atoms with Crippen LogP contribution >= 0.6 is 0 Å². The van der Waals surface area contributed by atoms with Crippen LogP contribution in [0.5, 0.6) is 0 Å². The van der Waals surface area contributed by atoms with E-state index in [0.29, 0.717) is 28.9 Å². The Hall–Kier alpha value is -1.40. The van der Waals surface area contributed by atoms with E-state index < -0.39 is 10.0 Å². The molecule has 5 nitrogen and oxygen atoms in total. The van der Waals surface area contributed by atoms with Crippen molar-refractivity contribution >= 4 is 15.9 Å². The largest absolute Gasteiger partial charge is 0.312 e. The molecule has 0 aromatic heterocycles. The third kappa shape index (κ3) is 2.02. The SMILES string of the molecule is O=S1(=O)NC(=NC[C@H]2CCCN2)c2ccccc21. The highest BCUT2D eigenvalue weighted by atomic mass is 32.2. The van der Waals surface area contributed by atoms with Gasteiger partial charge in [-0.3, -0.25) is 9.71 Å². The first-order chi connectivity index (χ1) is 8.67. The van der Waals surface area contributed by atoms with E-state index in [0.717, 1.165) is 19.4 Å². The van der Waals surface area contributed by atoms with Gasteiger partial charge in [0.2, 0.25) is 0 Å². The van der Waals surface area contributed by atoms with E-state index in [-0.39, 0.29) is 0 Å². The number of nitrogens with one attached hydrogen (secondary N) is 2. The molecule has 1 saturated heterocycles. The summed E-state index contributed by atoms with van der Waals surface area (Å²) in [5.41, 5.74) is 0.676. The summed E-state index contributed by atoms with van der Waals surface area (Å²) < 4.78 is 26.2. The van der Waals surface area contributed by atoms with E-state index in [1.807, 2.05) is 6.07 Å². The van der Waals surface area contributed by atoms with Gasteiger partial charge < -0.3 is 5.32 Å². The van der Waals surface area contributed by atoms with Crippen LogP contribution in [0.25, 0.3) is 0 Å². The number of hydrogen-bond acceptors (Lipinski definition) is 4. The van der Waals surface area contributed by atoms with Gasteiger partial charge >= 0.3 is 0 Å². The van der Waals surface area contributed by atoms with Crippen molar-refractivity contribution < 1.29 is 8.42 Å². The molecule has 0 bridgehead atoms. The second kappa shape index (κ2) is 4.37. The molecule has 96 valence electrons. The lowest BCUT2D eigenvalue weighted by Crippen LogP contribution is -2.27. The predicted octanol–water partition coefficient (Wildman–Crippen LogP) is 0.477. The summed E-state index contributed by atoms with van der Waals surface area (Å²) in [6.07, 6.45) is 2.27. The van der Waals surface area contributed by atoms with Gasteiger partial charge in [-0.1, -0.05) is 12.1 Å². The Morgan fingerprint density at radius 2 is 2.17 bits per heavy atom. The summed E-state index contributed by atoms with van der Waals surface area (Å²) in [7, 11) is -3.40. The Labute approximate surface area is 106 Å². The maximum Gasteiger partial charge on any atom is 0.263 e. The van der Waals surface area contributed by atoms with Crippen LogP contribution in [0.15, 0.2) is 34.2 Å². The molecule has 0 radical (unpaired) electrons. The monoisotopic (exact) mass is 265 g/mol. The van der Waals surface area contributed by atoms with Crippen LogP contribution in [-0.4, -0.2) is 33.4 Å². The molecule has 0 spiro atoms. The zero-order valence-corrected chi connectivity index (χ0v) is 10.7. The van der Waals surface area contributed by atoms with Gasteiger partial charge in [0.05, 0.1) is 11.4 Å². The molecule has 2 aliphatic heterocycles. The minimum absolute atomic E-state index is 0.322. The zero-order valence-electron chi connectivity index (χ0n) is 9.89.